The number of aliphatic carboxylic acids is 1. The summed E-state index contributed by atoms with van der Waals surface area (Å²) in [7, 11) is 0. The number of hydrogen-bond donors (Lipinski definition) is 2. The Balaban J connectivity index is 1.24. The van der Waals surface area contributed by atoms with Gasteiger partial charge in [0.05, 0.1) is 31.5 Å². The van der Waals surface area contributed by atoms with Crippen molar-refractivity contribution in [2.24, 2.45) is 5.92 Å². The van der Waals surface area contributed by atoms with Gasteiger partial charge in [0, 0.05) is 25.8 Å². The molecule has 2 unspecified atom stereocenters. The molecule has 0 saturated carbocycles. The number of benzene rings is 1. The first-order valence-corrected chi connectivity index (χ1v) is 12.6. The minimum atomic E-state index is -0.772. The summed E-state index contributed by atoms with van der Waals surface area (Å²) in [6.07, 6.45) is 7.56. The number of rotatable bonds is 9. The predicted molar refractivity (Wildman–Crippen MR) is 139 cm³/mol. The minimum Gasteiger partial charge on any atom is -0.490 e. The van der Waals surface area contributed by atoms with E-state index >= 15 is 0 Å². The van der Waals surface area contributed by atoms with Crippen LogP contribution in [-0.4, -0.2) is 69.9 Å². The quantitative estimate of drug-likeness (QED) is 0.444. The van der Waals surface area contributed by atoms with E-state index in [2.05, 4.69) is 25.2 Å². The number of nitrogens with one attached hydrogen (secondary N) is 1. The maximum Gasteiger partial charge on any atom is 0.308 e. The fraction of sp³-hybridized carbons (Fsp3) is 0.423. The first-order valence-electron chi connectivity index (χ1n) is 12.6. The van der Waals surface area contributed by atoms with E-state index in [-0.39, 0.29) is 12.0 Å². The molecule has 0 radical (unpaired) electrons. The first-order chi connectivity index (χ1) is 18.1. The number of piperidine rings is 1. The summed E-state index contributed by atoms with van der Waals surface area (Å²) in [5.74, 6) is 2.71. The number of ether oxygens (including phenoxy) is 2. The number of carboxylic acid groups (broad SMARTS) is 1. The lowest BCUT2D eigenvalue weighted by molar-refractivity contribution is -0.140. The van der Waals surface area contributed by atoms with Gasteiger partial charge in [0.1, 0.15) is 17.7 Å². The Labute approximate surface area is 215 Å². The highest BCUT2D eigenvalue weighted by Gasteiger charge is 2.29. The molecule has 2 N–H and O–H groups in total. The van der Waals surface area contributed by atoms with Crippen LogP contribution in [0.2, 0.25) is 0 Å². The molecule has 2 aliphatic heterocycles. The minimum absolute atomic E-state index is 0.00359. The van der Waals surface area contributed by atoms with E-state index in [9.17, 15) is 9.90 Å². The molecular weight excluding hydrogens is 474 g/mol. The third-order valence-corrected chi connectivity index (χ3v) is 6.51. The number of carboxylic acids is 1. The Hall–Kier alpha value is -4.15. The number of nitrogens with zero attached hydrogens (tertiary/aromatic N) is 6. The van der Waals surface area contributed by atoms with E-state index in [4.69, 9.17) is 14.5 Å². The lowest BCUT2D eigenvalue weighted by atomic mass is 10.1. The molecule has 2 atom stereocenters. The van der Waals surface area contributed by atoms with Crippen molar-refractivity contribution < 1.29 is 19.4 Å². The average molecular weight is 506 g/mol. The molecule has 0 amide bonds. The maximum atomic E-state index is 11.3. The molecule has 0 aliphatic carbocycles. The van der Waals surface area contributed by atoms with Crippen molar-refractivity contribution in [3.05, 3.63) is 48.9 Å². The summed E-state index contributed by atoms with van der Waals surface area (Å²) >= 11 is 0. The van der Waals surface area contributed by atoms with Crippen molar-refractivity contribution in [2.75, 3.05) is 47.9 Å². The summed E-state index contributed by atoms with van der Waals surface area (Å²) in [4.78, 5) is 33.4. The first kappa shape index (κ1) is 24.5. The largest absolute Gasteiger partial charge is 0.490 e. The molecule has 5 rings (SSSR count). The molecule has 2 saturated heterocycles. The van der Waals surface area contributed by atoms with Crippen molar-refractivity contribution in [1.82, 2.24) is 19.9 Å². The Morgan fingerprint density at radius 3 is 2.70 bits per heavy atom. The highest BCUT2D eigenvalue weighted by atomic mass is 16.5. The molecule has 37 heavy (non-hydrogen) atoms. The number of anilines is 4. The smallest absolute Gasteiger partial charge is 0.308 e. The standard InChI is InChI=1S/C26H31N7O4/c1-2-36-20-7-3-4-8-21(20)37-19-6-5-12-32(17-19)24-15-27-14-22(29-24)30-26-28-11-9-23(31-26)33-13-10-18(16-33)25(34)35/h3-4,7-9,11,14-15,18-19H,2,5-6,10,12-13,16-17H2,1H3,(H,34,35)(H,28,29,30,31). The molecule has 194 valence electrons. The molecule has 1 aromatic carbocycles. The molecular formula is C26H31N7O4. The van der Waals surface area contributed by atoms with Crippen molar-refractivity contribution >= 4 is 29.4 Å². The van der Waals surface area contributed by atoms with Gasteiger partial charge in [0.15, 0.2) is 17.3 Å². The zero-order valence-corrected chi connectivity index (χ0v) is 20.8. The molecule has 4 heterocycles. The highest BCUT2D eigenvalue weighted by Crippen LogP contribution is 2.30. The van der Waals surface area contributed by atoms with E-state index < -0.39 is 5.97 Å². The van der Waals surface area contributed by atoms with E-state index in [1.165, 1.54) is 0 Å². The summed E-state index contributed by atoms with van der Waals surface area (Å²) < 4.78 is 12.0. The van der Waals surface area contributed by atoms with E-state index in [0.717, 1.165) is 36.7 Å². The van der Waals surface area contributed by atoms with Crippen molar-refractivity contribution in [3.8, 4) is 11.5 Å². The van der Waals surface area contributed by atoms with Gasteiger partial charge in [0.25, 0.3) is 0 Å². The fourth-order valence-electron chi connectivity index (χ4n) is 4.68. The Morgan fingerprint density at radius 2 is 1.89 bits per heavy atom. The number of para-hydroxylation sites is 2. The van der Waals surface area contributed by atoms with Gasteiger partial charge in [-0.25, -0.2) is 9.97 Å². The lowest BCUT2D eigenvalue weighted by Crippen LogP contribution is -2.41. The Bertz CT molecular complexity index is 1230. The van der Waals surface area contributed by atoms with Gasteiger partial charge in [-0.15, -0.1) is 0 Å². The monoisotopic (exact) mass is 505 g/mol. The predicted octanol–water partition coefficient (Wildman–Crippen LogP) is 3.37. The maximum absolute atomic E-state index is 11.3. The van der Waals surface area contributed by atoms with Crippen LogP contribution in [0.4, 0.5) is 23.4 Å². The van der Waals surface area contributed by atoms with Crippen LogP contribution in [-0.2, 0) is 4.79 Å². The van der Waals surface area contributed by atoms with E-state index in [0.29, 0.717) is 50.2 Å². The summed E-state index contributed by atoms with van der Waals surface area (Å²) in [5.41, 5.74) is 0. The van der Waals surface area contributed by atoms with Gasteiger partial charge >= 0.3 is 5.97 Å². The topological polar surface area (TPSA) is 126 Å². The lowest BCUT2D eigenvalue weighted by Gasteiger charge is -2.33. The molecule has 0 bridgehead atoms. The second kappa shape index (κ2) is 11.3. The SMILES string of the molecule is CCOc1ccccc1OC1CCCN(c2cncc(Nc3nccc(N4CCC(C(=O)O)C4)n3)n2)C1. The van der Waals surface area contributed by atoms with Crippen LogP contribution < -0.4 is 24.6 Å². The Morgan fingerprint density at radius 1 is 1.05 bits per heavy atom. The number of aromatic nitrogens is 4. The van der Waals surface area contributed by atoms with Gasteiger partial charge in [-0.3, -0.25) is 9.78 Å². The van der Waals surface area contributed by atoms with Crippen LogP contribution in [0.25, 0.3) is 0 Å². The van der Waals surface area contributed by atoms with Crippen LogP contribution in [0.1, 0.15) is 26.2 Å². The van der Waals surface area contributed by atoms with Gasteiger partial charge < -0.3 is 29.7 Å². The fourth-order valence-corrected chi connectivity index (χ4v) is 4.68. The molecule has 11 heteroatoms. The third kappa shape index (κ3) is 5.99. The molecule has 11 nitrogen and oxygen atoms in total. The molecule has 2 aliphatic rings. The van der Waals surface area contributed by atoms with Gasteiger partial charge in [0.2, 0.25) is 5.95 Å². The molecule has 2 aromatic heterocycles. The van der Waals surface area contributed by atoms with Gasteiger partial charge in [-0.2, -0.15) is 4.98 Å². The van der Waals surface area contributed by atoms with Crippen molar-refractivity contribution in [2.45, 2.75) is 32.3 Å². The van der Waals surface area contributed by atoms with Gasteiger partial charge in [-0.05, 0) is 44.4 Å². The normalized spacial score (nSPS) is 19.5. The van der Waals surface area contributed by atoms with Crippen LogP contribution in [0.5, 0.6) is 11.5 Å². The molecule has 0 spiro atoms. The van der Waals surface area contributed by atoms with Gasteiger partial charge in [-0.1, -0.05) is 12.1 Å². The highest BCUT2D eigenvalue weighted by molar-refractivity contribution is 5.72. The van der Waals surface area contributed by atoms with Crippen LogP contribution in [0.15, 0.2) is 48.9 Å². The zero-order chi connectivity index (χ0) is 25.6. The van der Waals surface area contributed by atoms with E-state index in [1.807, 2.05) is 36.1 Å². The average Bonchev–Trinajstić information content (AvgIpc) is 3.42. The zero-order valence-electron chi connectivity index (χ0n) is 20.8. The second-order valence-electron chi connectivity index (χ2n) is 9.10. The van der Waals surface area contributed by atoms with Crippen LogP contribution >= 0.6 is 0 Å². The van der Waals surface area contributed by atoms with Crippen LogP contribution in [0, 0.1) is 5.92 Å². The van der Waals surface area contributed by atoms with Crippen molar-refractivity contribution in [1.29, 1.82) is 0 Å². The Kier molecular flexibility index (Phi) is 7.48. The number of hydrogen-bond acceptors (Lipinski definition) is 10. The summed E-state index contributed by atoms with van der Waals surface area (Å²) in [5, 5.41) is 12.4. The van der Waals surface area contributed by atoms with Crippen LogP contribution in [0.3, 0.4) is 0 Å². The second-order valence-corrected chi connectivity index (χ2v) is 9.10. The number of carbonyl (C=O) groups is 1. The third-order valence-electron chi connectivity index (χ3n) is 6.51. The summed E-state index contributed by atoms with van der Waals surface area (Å²) in [6, 6.07) is 9.54. The van der Waals surface area contributed by atoms with E-state index in [1.54, 1.807) is 24.7 Å². The molecule has 2 fully saturated rings. The summed E-state index contributed by atoms with van der Waals surface area (Å²) in [6.45, 7) is 5.17. The van der Waals surface area contributed by atoms with Crippen molar-refractivity contribution in [3.63, 3.8) is 0 Å². The molecule has 3 aromatic rings.